The molecule has 0 atom stereocenters. The van der Waals surface area contributed by atoms with Crippen LogP contribution in [0.3, 0.4) is 0 Å². The van der Waals surface area contributed by atoms with E-state index in [1.54, 1.807) is 0 Å². The molecule has 0 aliphatic rings. The molecule has 0 bridgehead atoms. The lowest BCUT2D eigenvalue weighted by molar-refractivity contribution is 0.466. The zero-order chi connectivity index (χ0) is 15.9. The molecule has 0 spiro atoms. The molecule has 0 radical (unpaired) electrons. The fourth-order valence-corrected chi connectivity index (χ4v) is 3.29. The molecule has 1 nitrogen and oxygen atoms in total. The molecule has 3 heteroatoms. The second-order valence-corrected chi connectivity index (χ2v) is 7.24. The average molecular weight is 412 g/mol. The quantitative estimate of drug-likeness (QED) is 0.524. The summed E-state index contributed by atoms with van der Waals surface area (Å²) in [4.78, 5) is 0. The van der Waals surface area contributed by atoms with Gasteiger partial charge in [0, 0.05) is 20.1 Å². The Morgan fingerprint density at radius 2 is 0.952 bits per heavy atom. The molecule has 0 aliphatic heterocycles. The minimum absolute atomic E-state index is 0.939. The fraction of sp³-hybridized carbons (Fsp3) is 0.333. The van der Waals surface area contributed by atoms with Gasteiger partial charge in [-0.05, 0) is 63.8 Å². The van der Waals surface area contributed by atoms with Gasteiger partial charge in [-0.2, -0.15) is 0 Å². The van der Waals surface area contributed by atoms with E-state index in [1.807, 2.05) is 0 Å². The van der Waals surface area contributed by atoms with Crippen molar-refractivity contribution < 1.29 is 4.74 Å². The minimum atomic E-state index is 0.939. The zero-order valence-corrected chi connectivity index (χ0v) is 16.5. The number of halogens is 2. The van der Waals surface area contributed by atoms with Gasteiger partial charge in [-0.3, -0.25) is 0 Å². The van der Waals surface area contributed by atoms with Crippen LogP contribution in [0.1, 0.15) is 33.4 Å². The van der Waals surface area contributed by atoms with Crippen molar-refractivity contribution in [3.8, 4) is 11.5 Å². The molecule has 0 saturated heterocycles. The van der Waals surface area contributed by atoms with Gasteiger partial charge in [-0.1, -0.05) is 44.0 Å². The Bertz CT molecular complexity index is 657. The lowest BCUT2D eigenvalue weighted by Crippen LogP contribution is -1.98. The van der Waals surface area contributed by atoms with E-state index >= 15 is 0 Å². The van der Waals surface area contributed by atoms with Crippen molar-refractivity contribution >= 4 is 31.9 Å². The molecule has 0 aromatic heterocycles. The van der Waals surface area contributed by atoms with Crippen molar-refractivity contribution in [2.75, 3.05) is 0 Å². The first-order chi connectivity index (χ1) is 9.73. The van der Waals surface area contributed by atoms with Gasteiger partial charge in [0.05, 0.1) is 0 Å². The third-order valence-corrected chi connectivity index (χ3v) is 6.26. The van der Waals surface area contributed by atoms with Crippen LogP contribution in [-0.2, 0) is 0 Å². The third-order valence-electron chi connectivity index (χ3n) is 3.82. The van der Waals surface area contributed by atoms with Crippen molar-refractivity contribution in [1.29, 1.82) is 0 Å². The minimum Gasteiger partial charge on any atom is -0.456 e. The predicted molar refractivity (Wildman–Crippen MR) is 96.8 cm³/mol. The second-order valence-electron chi connectivity index (χ2n) is 5.66. The lowest BCUT2D eigenvalue weighted by atomic mass is 10.0. The number of hydrogen-bond acceptors (Lipinski definition) is 1. The highest BCUT2D eigenvalue weighted by molar-refractivity contribution is 9.10. The molecule has 21 heavy (non-hydrogen) atoms. The molecule has 2 aromatic rings. The Hall–Kier alpha value is -0.800. The van der Waals surface area contributed by atoms with Gasteiger partial charge in [-0.15, -0.1) is 0 Å². The predicted octanol–water partition coefficient (Wildman–Crippen LogP) is 6.85. The van der Waals surface area contributed by atoms with Crippen LogP contribution < -0.4 is 4.74 Å². The summed E-state index contributed by atoms with van der Waals surface area (Å²) in [6, 6.07) is 4.31. The molecule has 112 valence electrons. The highest BCUT2D eigenvalue weighted by Gasteiger charge is 2.16. The van der Waals surface area contributed by atoms with E-state index in [1.165, 1.54) is 11.1 Å². The van der Waals surface area contributed by atoms with Crippen molar-refractivity contribution in [2.45, 2.75) is 41.5 Å². The van der Waals surface area contributed by atoms with Crippen molar-refractivity contribution in [1.82, 2.24) is 0 Å². The van der Waals surface area contributed by atoms with Gasteiger partial charge >= 0.3 is 0 Å². The van der Waals surface area contributed by atoms with Crippen LogP contribution in [0.15, 0.2) is 21.1 Å². The summed E-state index contributed by atoms with van der Waals surface area (Å²) in [6.45, 7) is 12.6. The van der Waals surface area contributed by atoms with Gasteiger partial charge in [0.15, 0.2) is 0 Å². The van der Waals surface area contributed by atoms with Crippen LogP contribution in [0.25, 0.3) is 0 Å². The molecule has 0 aliphatic carbocycles. The van der Waals surface area contributed by atoms with Crippen LogP contribution in [0.2, 0.25) is 0 Å². The first-order valence-electron chi connectivity index (χ1n) is 6.94. The van der Waals surface area contributed by atoms with Gasteiger partial charge in [0.1, 0.15) is 11.5 Å². The summed E-state index contributed by atoms with van der Waals surface area (Å²) in [7, 11) is 0. The van der Waals surface area contributed by atoms with Crippen molar-refractivity contribution in [3.05, 3.63) is 54.5 Å². The SMILES string of the molecule is Cc1cc(C)c(Oc2c(C)cc(C)c(Br)c2C)c(C)c1Br. The summed E-state index contributed by atoms with van der Waals surface area (Å²) >= 11 is 7.30. The highest BCUT2D eigenvalue weighted by Crippen LogP contribution is 2.40. The lowest BCUT2D eigenvalue weighted by Gasteiger charge is -2.19. The molecular weight excluding hydrogens is 392 g/mol. The fourth-order valence-electron chi connectivity index (χ4n) is 2.71. The number of aryl methyl sites for hydroxylation is 4. The Kier molecular flexibility index (Phi) is 4.84. The molecule has 0 unspecified atom stereocenters. The first-order valence-corrected chi connectivity index (χ1v) is 8.53. The Balaban J connectivity index is 2.59. The zero-order valence-electron chi connectivity index (χ0n) is 13.3. The van der Waals surface area contributed by atoms with E-state index in [2.05, 4.69) is 85.5 Å². The molecule has 0 amide bonds. The number of rotatable bonds is 2. The average Bonchev–Trinajstić information content (AvgIpc) is 2.42. The Labute approximate surface area is 144 Å². The molecule has 2 aromatic carbocycles. The maximum absolute atomic E-state index is 6.31. The summed E-state index contributed by atoms with van der Waals surface area (Å²) < 4.78 is 8.54. The highest BCUT2D eigenvalue weighted by atomic mass is 79.9. The summed E-state index contributed by atoms with van der Waals surface area (Å²) in [5, 5.41) is 0. The molecule has 0 fully saturated rings. The molecule has 0 heterocycles. The maximum atomic E-state index is 6.31. The number of hydrogen-bond donors (Lipinski definition) is 0. The summed E-state index contributed by atoms with van der Waals surface area (Å²) in [5.74, 6) is 1.88. The van der Waals surface area contributed by atoms with Crippen LogP contribution in [-0.4, -0.2) is 0 Å². The monoisotopic (exact) mass is 410 g/mol. The van der Waals surface area contributed by atoms with E-state index < -0.39 is 0 Å². The van der Waals surface area contributed by atoms with E-state index in [9.17, 15) is 0 Å². The van der Waals surface area contributed by atoms with Gasteiger partial charge in [0.2, 0.25) is 0 Å². The van der Waals surface area contributed by atoms with Crippen molar-refractivity contribution in [3.63, 3.8) is 0 Å². The molecular formula is C18H20Br2O. The summed E-state index contributed by atoms with van der Waals surface area (Å²) in [6.07, 6.45) is 0. The molecule has 2 rings (SSSR count). The van der Waals surface area contributed by atoms with Gasteiger partial charge in [-0.25, -0.2) is 0 Å². The van der Waals surface area contributed by atoms with E-state index in [-0.39, 0.29) is 0 Å². The van der Waals surface area contributed by atoms with Crippen LogP contribution in [0, 0.1) is 41.5 Å². The largest absolute Gasteiger partial charge is 0.456 e. The van der Waals surface area contributed by atoms with Gasteiger partial charge < -0.3 is 4.74 Å². The number of ether oxygens (including phenoxy) is 1. The molecule has 0 saturated carbocycles. The van der Waals surface area contributed by atoms with Crippen LogP contribution >= 0.6 is 31.9 Å². The van der Waals surface area contributed by atoms with Gasteiger partial charge in [0.25, 0.3) is 0 Å². The standard InChI is InChI=1S/C18H20Br2O/c1-9-7-11(3)17(13(5)15(9)19)21-18-12(4)8-10(2)16(20)14(18)6/h7-8H,1-6H3. The third kappa shape index (κ3) is 3.04. The topological polar surface area (TPSA) is 9.23 Å². The van der Waals surface area contributed by atoms with Crippen molar-refractivity contribution in [2.24, 2.45) is 0 Å². The van der Waals surface area contributed by atoms with E-state index in [0.29, 0.717) is 0 Å². The maximum Gasteiger partial charge on any atom is 0.134 e. The first kappa shape index (κ1) is 16.6. The van der Waals surface area contributed by atoms with E-state index in [4.69, 9.17) is 4.74 Å². The van der Waals surface area contributed by atoms with Crippen LogP contribution in [0.5, 0.6) is 11.5 Å². The second kappa shape index (κ2) is 6.13. The van der Waals surface area contributed by atoms with E-state index in [0.717, 1.165) is 42.7 Å². The Morgan fingerprint density at radius 1 is 0.619 bits per heavy atom. The Morgan fingerprint density at radius 3 is 1.29 bits per heavy atom. The normalized spacial score (nSPS) is 10.9. The number of benzene rings is 2. The smallest absolute Gasteiger partial charge is 0.134 e. The van der Waals surface area contributed by atoms with Crippen LogP contribution in [0.4, 0.5) is 0 Å². The summed E-state index contributed by atoms with van der Waals surface area (Å²) in [5.41, 5.74) is 7.06. The molecule has 0 N–H and O–H groups in total.